The Bertz CT molecular complexity index is 937. The molecule has 3 aromatic rings. The second-order valence-electron chi connectivity index (χ2n) is 6.50. The van der Waals surface area contributed by atoms with Crippen molar-refractivity contribution >= 4 is 33.2 Å². The van der Waals surface area contributed by atoms with Crippen molar-refractivity contribution in [1.82, 2.24) is 4.72 Å². The number of anilines is 2. The van der Waals surface area contributed by atoms with Gasteiger partial charge in [-0.25, -0.2) is 13.1 Å². The van der Waals surface area contributed by atoms with Crippen molar-refractivity contribution in [3.63, 3.8) is 0 Å². The van der Waals surface area contributed by atoms with Crippen LogP contribution in [0.2, 0.25) is 0 Å². The van der Waals surface area contributed by atoms with Crippen molar-refractivity contribution < 1.29 is 8.42 Å². The predicted molar refractivity (Wildman–Crippen MR) is 119 cm³/mol. The first kappa shape index (κ1) is 20.5. The average Bonchev–Trinajstić information content (AvgIpc) is 2.71. The second kappa shape index (κ2) is 9.28. The lowest BCUT2D eigenvalue weighted by Crippen LogP contribution is -2.35. The number of nitrogens with zero attached hydrogens (tertiary/aromatic N) is 1. The molecule has 0 heterocycles. The largest absolute Gasteiger partial charge is 0.340 e. The van der Waals surface area contributed by atoms with Gasteiger partial charge in [-0.2, -0.15) is 0 Å². The number of hydrogen-bond donors (Lipinski definition) is 1. The molecule has 0 aliphatic carbocycles. The summed E-state index contributed by atoms with van der Waals surface area (Å²) in [5.74, 6) is 0. The molecule has 0 aromatic heterocycles. The quantitative estimate of drug-likeness (QED) is 0.538. The summed E-state index contributed by atoms with van der Waals surface area (Å²) in [7, 11) is -3.38. The Morgan fingerprint density at radius 1 is 0.857 bits per heavy atom. The van der Waals surface area contributed by atoms with E-state index in [1.165, 1.54) is 6.26 Å². The Balaban J connectivity index is 1.99. The van der Waals surface area contributed by atoms with E-state index in [1.54, 1.807) is 11.8 Å². The minimum absolute atomic E-state index is 0.383. The van der Waals surface area contributed by atoms with Crippen LogP contribution in [0, 0.1) is 0 Å². The standard InChI is InChI=1S/C22H24N2O2S2/c1-27-21-15-13-18(14-16-21)22(23-28(2,25)26)17-24(19-9-5-3-6-10-19)20-11-7-4-8-12-20/h3-16,22-23H,17H2,1-2H3. The highest BCUT2D eigenvalue weighted by Crippen LogP contribution is 2.29. The molecule has 0 aliphatic heterocycles. The first-order chi connectivity index (χ1) is 13.5. The fourth-order valence-electron chi connectivity index (χ4n) is 3.06. The molecule has 0 amide bonds. The summed E-state index contributed by atoms with van der Waals surface area (Å²) in [6.45, 7) is 0.472. The number of rotatable bonds is 8. The Hall–Kier alpha value is -2.28. The molecule has 0 bridgehead atoms. The third-order valence-electron chi connectivity index (χ3n) is 4.38. The van der Waals surface area contributed by atoms with Crippen LogP contribution in [0.5, 0.6) is 0 Å². The molecular formula is C22H24N2O2S2. The van der Waals surface area contributed by atoms with E-state index in [0.29, 0.717) is 6.54 Å². The van der Waals surface area contributed by atoms with Crippen LogP contribution in [0.15, 0.2) is 89.8 Å². The molecule has 28 heavy (non-hydrogen) atoms. The molecule has 0 saturated carbocycles. The minimum atomic E-state index is -3.38. The van der Waals surface area contributed by atoms with E-state index in [-0.39, 0.29) is 6.04 Å². The van der Waals surface area contributed by atoms with Crippen LogP contribution in [0.3, 0.4) is 0 Å². The zero-order valence-electron chi connectivity index (χ0n) is 15.9. The smallest absolute Gasteiger partial charge is 0.209 e. The first-order valence-corrected chi connectivity index (χ1v) is 12.1. The van der Waals surface area contributed by atoms with Crippen molar-refractivity contribution in [2.75, 3.05) is 24.0 Å². The maximum Gasteiger partial charge on any atom is 0.209 e. The van der Waals surface area contributed by atoms with Gasteiger partial charge in [0.25, 0.3) is 0 Å². The number of para-hydroxylation sites is 2. The highest BCUT2D eigenvalue weighted by molar-refractivity contribution is 7.98. The molecule has 0 radical (unpaired) electrons. The topological polar surface area (TPSA) is 49.4 Å². The van der Waals surface area contributed by atoms with Gasteiger partial charge in [0.2, 0.25) is 10.0 Å². The Labute approximate surface area is 171 Å². The normalized spacial score (nSPS) is 12.5. The molecule has 146 valence electrons. The number of sulfonamides is 1. The van der Waals surface area contributed by atoms with Gasteiger partial charge in [-0.1, -0.05) is 48.5 Å². The van der Waals surface area contributed by atoms with Gasteiger partial charge in [0.05, 0.1) is 12.3 Å². The molecule has 0 saturated heterocycles. The number of nitrogens with one attached hydrogen (secondary N) is 1. The van der Waals surface area contributed by atoms with Gasteiger partial charge in [-0.3, -0.25) is 0 Å². The summed E-state index contributed by atoms with van der Waals surface area (Å²) >= 11 is 1.66. The summed E-state index contributed by atoms with van der Waals surface area (Å²) < 4.78 is 26.9. The van der Waals surface area contributed by atoms with E-state index < -0.39 is 10.0 Å². The third kappa shape index (κ3) is 5.61. The van der Waals surface area contributed by atoms with Gasteiger partial charge in [-0.15, -0.1) is 11.8 Å². The Morgan fingerprint density at radius 2 is 1.36 bits per heavy atom. The van der Waals surface area contributed by atoms with Crippen molar-refractivity contribution in [2.24, 2.45) is 0 Å². The van der Waals surface area contributed by atoms with Crippen LogP contribution in [0.25, 0.3) is 0 Å². The highest BCUT2D eigenvalue weighted by Gasteiger charge is 2.21. The van der Waals surface area contributed by atoms with Gasteiger partial charge >= 0.3 is 0 Å². The van der Waals surface area contributed by atoms with Crippen LogP contribution in [0.4, 0.5) is 11.4 Å². The first-order valence-electron chi connectivity index (χ1n) is 8.95. The van der Waals surface area contributed by atoms with E-state index in [4.69, 9.17) is 0 Å². The van der Waals surface area contributed by atoms with Crippen LogP contribution in [-0.4, -0.2) is 27.5 Å². The summed E-state index contributed by atoms with van der Waals surface area (Å²) in [5.41, 5.74) is 2.95. The SMILES string of the molecule is CSc1ccc(C(CN(c2ccccc2)c2ccccc2)NS(C)(=O)=O)cc1. The van der Waals surface area contributed by atoms with Crippen LogP contribution >= 0.6 is 11.8 Å². The second-order valence-corrected chi connectivity index (χ2v) is 9.16. The van der Waals surface area contributed by atoms with Crippen LogP contribution < -0.4 is 9.62 Å². The molecular weight excluding hydrogens is 388 g/mol. The monoisotopic (exact) mass is 412 g/mol. The Kier molecular flexibility index (Phi) is 6.78. The van der Waals surface area contributed by atoms with Gasteiger partial charge in [0.1, 0.15) is 0 Å². The van der Waals surface area contributed by atoms with E-state index in [2.05, 4.69) is 9.62 Å². The predicted octanol–water partition coefficient (Wildman–Crippen LogP) is 4.84. The lowest BCUT2D eigenvalue weighted by molar-refractivity contribution is 0.562. The van der Waals surface area contributed by atoms with Crippen molar-refractivity contribution in [3.8, 4) is 0 Å². The third-order valence-corrected chi connectivity index (χ3v) is 5.83. The lowest BCUT2D eigenvalue weighted by Gasteiger charge is -2.30. The molecule has 4 nitrogen and oxygen atoms in total. The van der Waals surface area contributed by atoms with Crippen LogP contribution in [0.1, 0.15) is 11.6 Å². The fourth-order valence-corrected chi connectivity index (χ4v) is 4.20. The summed E-state index contributed by atoms with van der Waals surface area (Å²) in [6.07, 6.45) is 3.22. The van der Waals surface area contributed by atoms with Gasteiger partial charge in [0, 0.05) is 22.8 Å². The van der Waals surface area contributed by atoms with E-state index in [0.717, 1.165) is 21.8 Å². The zero-order chi connectivity index (χ0) is 20.0. The Morgan fingerprint density at radius 3 is 1.79 bits per heavy atom. The van der Waals surface area contributed by atoms with Crippen molar-refractivity contribution in [1.29, 1.82) is 0 Å². The molecule has 0 spiro atoms. The lowest BCUT2D eigenvalue weighted by atomic mass is 10.1. The fraction of sp³-hybridized carbons (Fsp3) is 0.182. The number of benzene rings is 3. The summed E-state index contributed by atoms with van der Waals surface area (Å²) in [6, 6.07) is 27.6. The zero-order valence-corrected chi connectivity index (χ0v) is 17.6. The van der Waals surface area contributed by atoms with Gasteiger partial charge in [-0.05, 0) is 48.2 Å². The van der Waals surface area contributed by atoms with E-state index in [1.807, 2.05) is 91.2 Å². The molecule has 0 fully saturated rings. The van der Waals surface area contributed by atoms with Crippen LogP contribution in [-0.2, 0) is 10.0 Å². The number of hydrogen-bond acceptors (Lipinski definition) is 4. The highest BCUT2D eigenvalue weighted by atomic mass is 32.2. The molecule has 1 N–H and O–H groups in total. The summed E-state index contributed by atoms with van der Waals surface area (Å²) in [4.78, 5) is 3.27. The van der Waals surface area contributed by atoms with E-state index in [9.17, 15) is 8.42 Å². The maximum atomic E-state index is 12.1. The molecule has 3 rings (SSSR count). The van der Waals surface area contributed by atoms with Gasteiger partial charge in [0.15, 0.2) is 0 Å². The maximum absolute atomic E-state index is 12.1. The average molecular weight is 413 g/mol. The molecule has 1 unspecified atom stereocenters. The van der Waals surface area contributed by atoms with Crippen molar-refractivity contribution in [3.05, 3.63) is 90.5 Å². The molecule has 6 heteroatoms. The molecule has 1 atom stereocenters. The molecule has 0 aliphatic rings. The number of thioether (sulfide) groups is 1. The molecule has 3 aromatic carbocycles. The van der Waals surface area contributed by atoms with Gasteiger partial charge < -0.3 is 4.90 Å². The minimum Gasteiger partial charge on any atom is -0.340 e. The summed E-state index contributed by atoms with van der Waals surface area (Å²) in [5, 5.41) is 0. The van der Waals surface area contributed by atoms with E-state index >= 15 is 0 Å². The van der Waals surface area contributed by atoms with Crippen molar-refractivity contribution in [2.45, 2.75) is 10.9 Å².